The molecule has 0 spiro atoms. The molecule has 1 saturated heterocycles. The van der Waals surface area contributed by atoms with Crippen molar-refractivity contribution in [1.29, 1.82) is 0 Å². The highest BCUT2D eigenvalue weighted by molar-refractivity contribution is 5.82. The lowest BCUT2D eigenvalue weighted by atomic mass is 9.92. The van der Waals surface area contributed by atoms with E-state index in [-0.39, 0.29) is 5.91 Å². The van der Waals surface area contributed by atoms with Gasteiger partial charge in [-0.3, -0.25) is 4.79 Å². The molecule has 19 heavy (non-hydrogen) atoms. The van der Waals surface area contributed by atoms with E-state index in [1.807, 2.05) is 35.2 Å². The number of benzene rings is 1. The molecule has 2 N–H and O–H groups in total. The summed E-state index contributed by atoms with van der Waals surface area (Å²) in [7, 11) is 0. The summed E-state index contributed by atoms with van der Waals surface area (Å²) in [6.07, 6.45) is 2.80. The van der Waals surface area contributed by atoms with Crippen molar-refractivity contribution in [3.63, 3.8) is 0 Å². The molecule has 1 aromatic rings. The van der Waals surface area contributed by atoms with Gasteiger partial charge < -0.3 is 10.6 Å². The minimum atomic E-state index is -0.418. The topological polar surface area (TPSA) is 46.3 Å². The lowest BCUT2D eigenvalue weighted by Crippen LogP contribution is -2.51. The molecule has 0 bridgehead atoms. The van der Waals surface area contributed by atoms with Crippen LogP contribution in [0.25, 0.3) is 0 Å². The second-order valence-electron chi connectivity index (χ2n) is 5.81. The van der Waals surface area contributed by atoms with Crippen molar-refractivity contribution in [2.45, 2.75) is 45.2 Å². The van der Waals surface area contributed by atoms with Crippen LogP contribution in [0.2, 0.25) is 0 Å². The smallest absolute Gasteiger partial charge is 0.240 e. The Morgan fingerprint density at radius 1 is 1.37 bits per heavy atom. The van der Waals surface area contributed by atoms with E-state index < -0.39 is 6.04 Å². The monoisotopic (exact) mass is 260 g/mol. The minimum absolute atomic E-state index is 0.100. The lowest BCUT2D eigenvalue weighted by molar-refractivity contribution is -0.136. The third-order valence-corrected chi connectivity index (χ3v) is 4.04. The number of likely N-dealkylation sites (tertiary alicyclic amines) is 1. The number of hydrogen-bond donors (Lipinski definition) is 1. The highest BCUT2D eigenvalue weighted by Gasteiger charge is 2.29. The maximum absolute atomic E-state index is 12.4. The molecule has 0 saturated carbocycles. The summed E-state index contributed by atoms with van der Waals surface area (Å²) < 4.78 is 0. The van der Waals surface area contributed by atoms with Crippen LogP contribution < -0.4 is 5.73 Å². The Bertz CT molecular complexity index is 418. The van der Waals surface area contributed by atoms with Crippen LogP contribution in [0.1, 0.15) is 32.3 Å². The lowest BCUT2D eigenvalue weighted by Gasteiger charge is -2.38. The highest BCUT2D eigenvalue weighted by atomic mass is 16.2. The van der Waals surface area contributed by atoms with Gasteiger partial charge in [-0.25, -0.2) is 0 Å². The van der Waals surface area contributed by atoms with Crippen LogP contribution in [0.4, 0.5) is 0 Å². The molecular formula is C16H24N2O. The molecule has 0 radical (unpaired) electrons. The molecule has 1 heterocycles. The zero-order chi connectivity index (χ0) is 13.8. The van der Waals surface area contributed by atoms with E-state index in [0.717, 1.165) is 24.9 Å². The van der Waals surface area contributed by atoms with Crippen molar-refractivity contribution in [2.75, 3.05) is 6.54 Å². The number of rotatable bonds is 3. The molecule has 0 aliphatic carbocycles. The van der Waals surface area contributed by atoms with Gasteiger partial charge in [0.15, 0.2) is 0 Å². The number of nitrogens with zero attached hydrogens (tertiary/aromatic N) is 1. The van der Waals surface area contributed by atoms with Crippen LogP contribution >= 0.6 is 0 Å². The van der Waals surface area contributed by atoms with Crippen molar-refractivity contribution in [2.24, 2.45) is 11.7 Å². The number of carbonyl (C=O) groups excluding carboxylic acids is 1. The Kier molecular flexibility index (Phi) is 4.59. The van der Waals surface area contributed by atoms with Crippen LogP contribution in [-0.4, -0.2) is 29.4 Å². The number of hydrogen-bond acceptors (Lipinski definition) is 2. The minimum Gasteiger partial charge on any atom is -0.339 e. The van der Waals surface area contributed by atoms with Gasteiger partial charge in [-0.15, -0.1) is 0 Å². The van der Waals surface area contributed by atoms with Crippen LogP contribution in [0.15, 0.2) is 30.3 Å². The average molecular weight is 260 g/mol. The van der Waals surface area contributed by atoms with E-state index in [1.165, 1.54) is 0 Å². The normalized spacial score (nSPS) is 25.1. The molecule has 1 aromatic carbocycles. The largest absolute Gasteiger partial charge is 0.339 e. The maximum atomic E-state index is 12.4. The molecule has 3 nitrogen and oxygen atoms in total. The van der Waals surface area contributed by atoms with E-state index in [0.29, 0.717) is 18.4 Å². The second kappa shape index (κ2) is 6.20. The van der Waals surface area contributed by atoms with Gasteiger partial charge in [0.25, 0.3) is 0 Å². The third kappa shape index (κ3) is 3.57. The summed E-state index contributed by atoms with van der Waals surface area (Å²) in [5, 5.41) is 0. The summed E-state index contributed by atoms with van der Waals surface area (Å²) >= 11 is 0. The summed E-state index contributed by atoms with van der Waals surface area (Å²) in [4.78, 5) is 14.4. The summed E-state index contributed by atoms with van der Waals surface area (Å²) in [5.74, 6) is 0.813. The molecule has 0 aromatic heterocycles. The van der Waals surface area contributed by atoms with E-state index in [2.05, 4.69) is 13.8 Å². The molecule has 3 atom stereocenters. The Labute approximate surface area is 115 Å². The predicted octanol–water partition coefficient (Wildman–Crippen LogP) is 2.20. The van der Waals surface area contributed by atoms with Gasteiger partial charge in [-0.05, 0) is 37.7 Å². The molecule has 1 fully saturated rings. The zero-order valence-electron chi connectivity index (χ0n) is 11.9. The Hall–Kier alpha value is -1.35. The van der Waals surface area contributed by atoms with E-state index >= 15 is 0 Å². The molecule has 3 unspecified atom stereocenters. The number of nitrogens with two attached hydrogens (primary N) is 1. The molecule has 1 amide bonds. The second-order valence-corrected chi connectivity index (χ2v) is 5.81. The van der Waals surface area contributed by atoms with E-state index in [4.69, 9.17) is 5.73 Å². The Morgan fingerprint density at radius 3 is 2.68 bits per heavy atom. The fourth-order valence-electron chi connectivity index (χ4n) is 2.90. The summed E-state index contributed by atoms with van der Waals surface area (Å²) in [6.45, 7) is 5.23. The Balaban J connectivity index is 1.95. The van der Waals surface area contributed by atoms with Crippen LogP contribution in [-0.2, 0) is 11.2 Å². The first-order valence-corrected chi connectivity index (χ1v) is 7.18. The number of carbonyl (C=O) groups is 1. The average Bonchev–Trinajstić information content (AvgIpc) is 2.39. The van der Waals surface area contributed by atoms with Crippen molar-refractivity contribution in [3.8, 4) is 0 Å². The molecule has 3 heteroatoms. The van der Waals surface area contributed by atoms with Gasteiger partial charge in [0, 0.05) is 12.6 Å². The summed E-state index contributed by atoms with van der Waals surface area (Å²) in [6, 6.07) is 9.89. The molecule has 1 aliphatic rings. The standard InChI is InChI=1S/C16H24N2O/c1-12-8-9-18(13(2)10-12)16(19)15(17)11-14-6-4-3-5-7-14/h3-7,12-13,15H,8-11,17H2,1-2H3. The quantitative estimate of drug-likeness (QED) is 0.905. The molecule has 1 aliphatic heterocycles. The maximum Gasteiger partial charge on any atom is 0.240 e. The van der Waals surface area contributed by atoms with Gasteiger partial charge in [0.2, 0.25) is 5.91 Å². The number of piperidine rings is 1. The summed E-state index contributed by atoms with van der Waals surface area (Å²) in [5.41, 5.74) is 7.21. The predicted molar refractivity (Wildman–Crippen MR) is 77.7 cm³/mol. The Morgan fingerprint density at radius 2 is 2.05 bits per heavy atom. The van der Waals surface area contributed by atoms with E-state index in [1.54, 1.807) is 0 Å². The van der Waals surface area contributed by atoms with Gasteiger partial charge in [-0.1, -0.05) is 37.3 Å². The number of amides is 1. The zero-order valence-corrected chi connectivity index (χ0v) is 11.9. The van der Waals surface area contributed by atoms with Gasteiger partial charge in [-0.2, -0.15) is 0 Å². The van der Waals surface area contributed by atoms with Gasteiger partial charge >= 0.3 is 0 Å². The van der Waals surface area contributed by atoms with Crippen LogP contribution in [0.3, 0.4) is 0 Å². The van der Waals surface area contributed by atoms with Crippen molar-refractivity contribution in [1.82, 2.24) is 4.90 Å². The van der Waals surface area contributed by atoms with Crippen LogP contribution in [0.5, 0.6) is 0 Å². The fraction of sp³-hybridized carbons (Fsp3) is 0.562. The van der Waals surface area contributed by atoms with Crippen molar-refractivity contribution in [3.05, 3.63) is 35.9 Å². The molecule has 2 rings (SSSR count). The third-order valence-electron chi connectivity index (χ3n) is 4.04. The van der Waals surface area contributed by atoms with Crippen molar-refractivity contribution < 1.29 is 4.79 Å². The first kappa shape index (κ1) is 14.1. The van der Waals surface area contributed by atoms with Crippen molar-refractivity contribution >= 4 is 5.91 Å². The first-order valence-electron chi connectivity index (χ1n) is 7.18. The molecule has 104 valence electrons. The van der Waals surface area contributed by atoms with Crippen LogP contribution in [0, 0.1) is 5.92 Å². The SMILES string of the molecule is CC1CCN(C(=O)C(N)Cc2ccccc2)C(C)C1. The highest BCUT2D eigenvalue weighted by Crippen LogP contribution is 2.22. The fourth-order valence-corrected chi connectivity index (χ4v) is 2.90. The van der Waals surface area contributed by atoms with Gasteiger partial charge in [0.1, 0.15) is 0 Å². The molecular weight excluding hydrogens is 236 g/mol. The first-order chi connectivity index (χ1) is 9.08. The van der Waals surface area contributed by atoms with Gasteiger partial charge in [0.05, 0.1) is 6.04 Å². The van der Waals surface area contributed by atoms with E-state index in [9.17, 15) is 4.79 Å².